The van der Waals surface area contributed by atoms with Gasteiger partial charge in [-0.25, -0.2) is 0 Å². The van der Waals surface area contributed by atoms with Crippen molar-refractivity contribution < 1.29 is 14.6 Å². The number of hydrogen-bond acceptors (Lipinski definition) is 6. The third-order valence-electron chi connectivity index (χ3n) is 6.43. The van der Waals surface area contributed by atoms with Gasteiger partial charge in [-0.1, -0.05) is 18.2 Å². The molecule has 0 bridgehead atoms. The van der Waals surface area contributed by atoms with Gasteiger partial charge >= 0.3 is 0 Å². The molecule has 2 N–H and O–H groups in total. The van der Waals surface area contributed by atoms with E-state index in [9.17, 15) is 9.90 Å². The second-order valence-electron chi connectivity index (χ2n) is 8.53. The minimum Gasteiger partial charge on any atom is -0.392 e. The van der Waals surface area contributed by atoms with Crippen molar-refractivity contribution in [3.8, 4) is 0 Å². The van der Waals surface area contributed by atoms with Crippen molar-refractivity contribution in [2.75, 3.05) is 39.6 Å². The molecule has 0 radical (unpaired) electrons. The summed E-state index contributed by atoms with van der Waals surface area (Å²) in [5, 5.41) is 13.4. The Labute approximate surface area is 185 Å². The Kier molecular flexibility index (Phi) is 6.83. The van der Waals surface area contributed by atoms with Crippen molar-refractivity contribution in [2.45, 2.75) is 44.8 Å². The lowest BCUT2D eigenvalue weighted by atomic mass is 9.96. The van der Waals surface area contributed by atoms with Gasteiger partial charge < -0.3 is 29.9 Å². The molecule has 31 heavy (non-hydrogen) atoms. The summed E-state index contributed by atoms with van der Waals surface area (Å²) in [5.74, 6) is 1.01. The molecule has 1 aliphatic carbocycles. The average molecular weight is 427 g/mol. The van der Waals surface area contributed by atoms with E-state index in [0.717, 1.165) is 43.0 Å². The second-order valence-corrected chi connectivity index (χ2v) is 8.53. The molecule has 2 fully saturated rings. The molecule has 0 saturated carbocycles. The largest absolute Gasteiger partial charge is 0.392 e. The predicted octanol–water partition coefficient (Wildman–Crippen LogP) is 2.07. The number of nitrogens with one attached hydrogen (secondary N) is 1. The topological polar surface area (TPSA) is 68.3 Å². The fourth-order valence-electron chi connectivity index (χ4n) is 4.60. The highest BCUT2D eigenvalue weighted by Crippen LogP contribution is 2.27. The van der Waals surface area contributed by atoms with Crippen molar-refractivity contribution in [1.82, 2.24) is 20.0 Å². The molecule has 0 aromatic carbocycles. The molecular weight excluding hydrogens is 392 g/mol. The highest BCUT2D eigenvalue weighted by molar-refractivity contribution is 5.97. The molecule has 7 heteroatoms. The first-order chi connectivity index (χ1) is 15.1. The number of rotatable bonds is 7. The Morgan fingerprint density at radius 1 is 1.35 bits per heavy atom. The number of nitrogens with zero attached hydrogens (tertiary/aromatic N) is 3. The third kappa shape index (κ3) is 4.88. The van der Waals surface area contributed by atoms with E-state index in [4.69, 9.17) is 4.74 Å². The van der Waals surface area contributed by atoms with Crippen LogP contribution in [0, 0.1) is 0 Å². The van der Waals surface area contributed by atoms with Crippen LogP contribution in [0.4, 0.5) is 0 Å². The van der Waals surface area contributed by atoms with Crippen LogP contribution in [0.25, 0.3) is 0 Å². The summed E-state index contributed by atoms with van der Waals surface area (Å²) in [6.45, 7) is 10.0. The first-order valence-corrected chi connectivity index (χ1v) is 11.3. The van der Waals surface area contributed by atoms with Crippen LogP contribution in [0.15, 0.2) is 59.6 Å². The van der Waals surface area contributed by atoms with E-state index in [0.29, 0.717) is 39.4 Å². The summed E-state index contributed by atoms with van der Waals surface area (Å²) in [4.78, 5) is 19.7. The number of hydrogen-bond donors (Lipinski definition) is 2. The van der Waals surface area contributed by atoms with Gasteiger partial charge in [0.05, 0.1) is 25.4 Å². The summed E-state index contributed by atoms with van der Waals surface area (Å²) >= 11 is 0. The molecule has 0 aromatic heterocycles. The maximum absolute atomic E-state index is 13.5. The normalized spacial score (nSPS) is 26.6. The Morgan fingerprint density at radius 2 is 2.23 bits per heavy atom. The number of aliphatic hydroxyl groups is 1. The van der Waals surface area contributed by atoms with Gasteiger partial charge in [-0.2, -0.15) is 0 Å². The lowest BCUT2D eigenvalue weighted by Gasteiger charge is -2.31. The smallest absolute Gasteiger partial charge is 0.255 e. The molecule has 2 saturated heterocycles. The van der Waals surface area contributed by atoms with Gasteiger partial charge in [-0.3, -0.25) is 4.79 Å². The quantitative estimate of drug-likeness (QED) is 0.608. The van der Waals surface area contributed by atoms with Gasteiger partial charge in [-0.15, -0.1) is 6.58 Å². The van der Waals surface area contributed by atoms with E-state index in [1.807, 2.05) is 17.1 Å². The van der Waals surface area contributed by atoms with E-state index in [1.54, 1.807) is 0 Å². The van der Waals surface area contributed by atoms with Crippen LogP contribution in [-0.4, -0.2) is 77.5 Å². The molecule has 4 rings (SSSR count). The molecule has 7 nitrogen and oxygen atoms in total. The van der Waals surface area contributed by atoms with E-state index in [2.05, 4.69) is 46.8 Å². The van der Waals surface area contributed by atoms with Gasteiger partial charge in [-0.05, 0) is 43.9 Å². The second kappa shape index (κ2) is 9.75. The number of ether oxygens (including phenoxy) is 1. The number of carbonyl (C=O) groups excluding carboxylic acids is 1. The van der Waals surface area contributed by atoms with Crippen molar-refractivity contribution in [3.63, 3.8) is 0 Å². The molecule has 0 aromatic rings. The van der Waals surface area contributed by atoms with Crippen molar-refractivity contribution in [3.05, 3.63) is 59.6 Å². The molecule has 3 aliphatic heterocycles. The average Bonchev–Trinajstić information content (AvgIpc) is 3.55. The van der Waals surface area contributed by atoms with Gasteiger partial charge in [0.2, 0.25) is 0 Å². The van der Waals surface area contributed by atoms with Crippen LogP contribution >= 0.6 is 0 Å². The summed E-state index contributed by atoms with van der Waals surface area (Å²) in [6.07, 6.45) is 13.1. The Hall–Kier alpha value is -2.51. The van der Waals surface area contributed by atoms with Crippen molar-refractivity contribution in [1.29, 1.82) is 0 Å². The Balaban J connectivity index is 1.51. The molecule has 2 atom stereocenters. The zero-order valence-corrected chi connectivity index (χ0v) is 18.4. The summed E-state index contributed by atoms with van der Waals surface area (Å²) < 4.78 is 5.54. The maximum Gasteiger partial charge on any atom is 0.255 e. The van der Waals surface area contributed by atoms with E-state index in [-0.39, 0.29) is 18.1 Å². The van der Waals surface area contributed by atoms with E-state index < -0.39 is 0 Å². The lowest BCUT2D eigenvalue weighted by Crippen LogP contribution is -2.41. The summed E-state index contributed by atoms with van der Waals surface area (Å²) in [6, 6.07) is -0.0177. The maximum atomic E-state index is 13.5. The molecular formula is C24H34N4O3. The first kappa shape index (κ1) is 21.7. The molecule has 3 heterocycles. The monoisotopic (exact) mass is 426 g/mol. The number of allylic oxidation sites excluding steroid dienone is 2. The Bertz CT molecular complexity index is 823. The van der Waals surface area contributed by atoms with E-state index in [1.165, 1.54) is 5.57 Å². The fraction of sp³-hybridized carbons (Fsp3) is 0.542. The van der Waals surface area contributed by atoms with Crippen LogP contribution in [-0.2, 0) is 9.53 Å². The van der Waals surface area contributed by atoms with Crippen LogP contribution in [0.2, 0.25) is 0 Å². The minimum absolute atomic E-state index is 0.0177. The zero-order valence-electron chi connectivity index (χ0n) is 18.4. The standard InChI is InChI=1S/C24H34N4O3/c1-3-5-6-18(4-2)22-13-19(14-23(25-22)28-11-12-31-17-28)24(30)27-10-9-26(16-27)20-7-8-21(29)15-20/h3-4,7,13-14,21-22,25,29H,1,5-6,8-12,15-17H2,2H3/b18-4-. The van der Waals surface area contributed by atoms with Crippen LogP contribution in [0.3, 0.4) is 0 Å². The van der Waals surface area contributed by atoms with E-state index >= 15 is 0 Å². The fourth-order valence-corrected chi connectivity index (χ4v) is 4.60. The molecule has 168 valence electrons. The summed E-state index contributed by atoms with van der Waals surface area (Å²) in [7, 11) is 0. The van der Waals surface area contributed by atoms with Crippen molar-refractivity contribution >= 4 is 5.91 Å². The predicted molar refractivity (Wildman–Crippen MR) is 120 cm³/mol. The zero-order chi connectivity index (χ0) is 21.8. The van der Waals surface area contributed by atoms with Gasteiger partial charge in [0, 0.05) is 37.3 Å². The third-order valence-corrected chi connectivity index (χ3v) is 6.43. The first-order valence-electron chi connectivity index (χ1n) is 11.3. The van der Waals surface area contributed by atoms with Crippen LogP contribution in [0.1, 0.15) is 32.6 Å². The van der Waals surface area contributed by atoms with Gasteiger partial charge in [0.1, 0.15) is 12.6 Å². The lowest BCUT2D eigenvalue weighted by molar-refractivity contribution is -0.126. The molecule has 0 spiro atoms. The Morgan fingerprint density at radius 3 is 2.90 bits per heavy atom. The number of carbonyl (C=O) groups is 1. The minimum atomic E-state index is -0.282. The number of aliphatic hydroxyl groups excluding tert-OH is 1. The molecule has 4 aliphatic rings. The van der Waals surface area contributed by atoms with Gasteiger partial charge in [0.15, 0.2) is 0 Å². The summed E-state index contributed by atoms with van der Waals surface area (Å²) in [5.41, 5.74) is 3.14. The molecule has 2 unspecified atom stereocenters. The molecule has 1 amide bonds. The van der Waals surface area contributed by atoms with Crippen LogP contribution < -0.4 is 5.32 Å². The van der Waals surface area contributed by atoms with Crippen molar-refractivity contribution in [2.24, 2.45) is 0 Å². The van der Waals surface area contributed by atoms with Gasteiger partial charge in [0.25, 0.3) is 5.91 Å². The number of dihydropyridines is 1. The SMILES string of the molecule is C=CCC/C(=C/C)C1C=C(C(=O)N2CCN(C3=CCC(O)C3)C2)C=C(N2CCOC2)N1. The highest BCUT2D eigenvalue weighted by Gasteiger charge is 2.32. The highest BCUT2D eigenvalue weighted by atomic mass is 16.5. The van der Waals surface area contributed by atoms with Crippen LogP contribution in [0.5, 0.6) is 0 Å². The number of amides is 1.